The monoisotopic (exact) mass is 397 g/mol. The summed E-state index contributed by atoms with van der Waals surface area (Å²) >= 11 is 0.988. The van der Waals surface area contributed by atoms with Gasteiger partial charge < -0.3 is 14.2 Å². The van der Waals surface area contributed by atoms with Crippen LogP contribution >= 0.6 is 11.8 Å². The minimum atomic E-state index is -0.241. The van der Waals surface area contributed by atoms with Crippen molar-refractivity contribution in [2.45, 2.75) is 13.8 Å². The Balaban J connectivity index is 1.63. The van der Waals surface area contributed by atoms with Gasteiger partial charge in [-0.3, -0.25) is 14.5 Å². The van der Waals surface area contributed by atoms with E-state index in [2.05, 4.69) is 39.8 Å². The first-order valence-corrected chi connectivity index (χ1v) is 10.1. The number of ether oxygens (including phenoxy) is 1. The molecule has 2 aliphatic heterocycles. The number of rotatable bonds is 3. The summed E-state index contributed by atoms with van der Waals surface area (Å²) in [6, 6.07) is 10.6. The van der Waals surface area contributed by atoms with Crippen LogP contribution in [0, 0.1) is 13.8 Å². The number of morpholine rings is 1. The molecule has 0 radical (unpaired) electrons. The number of hydrogen-bond acceptors (Lipinski definition) is 5. The topological polar surface area (TPSA) is 54.8 Å². The second kappa shape index (κ2) is 7.48. The van der Waals surface area contributed by atoms with Crippen molar-refractivity contribution in [3.63, 3.8) is 0 Å². The number of imide groups is 1. The molecule has 0 spiro atoms. The summed E-state index contributed by atoms with van der Waals surface area (Å²) in [6.07, 6.45) is 1.81. The van der Waals surface area contributed by atoms with E-state index in [-0.39, 0.29) is 11.1 Å². The van der Waals surface area contributed by atoms with Crippen LogP contribution < -0.4 is 4.90 Å². The molecule has 0 N–H and O–H groups in total. The SMILES string of the molecule is Cc1cc(/C=C2/SC(=O)N(C)C2=O)c(C)n1-c1ccc(N2CCOCC2)cc1. The molecule has 2 aromatic rings. The van der Waals surface area contributed by atoms with E-state index in [1.165, 1.54) is 12.7 Å². The molecule has 28 heavy (non-hydrogen) atoms. The van der Waals surface area contributed by atoms with Crippen LogP contribution in [0.5, 0.6) is 0 Å². The second-order valence-corrected chi connectivity index (χ2v) is 8.01. The van der Waals surface area contributed by atoms with Gasteiger partial charge in [0.1, 0.15) is 0 Å². The lowest BCUT2D eigenvalue weighted by Crippen LogP contribution is -2.36. The molecule has 1 aromatic carbocycles. The van der Waals surface area contributed by atoms with E-state index in [1.807, 2.05) is 19.9 Å². The van der Waals surface area contributed by atoms with Crippen molar-refractivity contribution in [2.75, 3.05) is 38.3 Å². The molecule has 2 amide bonds. The zero-order valence-corrected chi connectivity index (χ0v) is 17.1. The lowest BCUT2D eigenvalue weighted by Gasteiger charge is -2.29. The Labute approximate surface area is 168 Å². The number of carbonyl (C=O) groups is 2. The molecule has 1 aromatic heterocycles. The summed E-state index contributed by atoms with van der Waals surface area (Å²) in [7, 11) is 1.51. The second-order valence-electron chi connectivity index (χ2n) is 7.02. The molecule has 0 saturated carbocycles. The first-order chi connectivity index (χ1) is 13.5. The molecular formula is C21H23N3O3S. The van der Waals surface area contributed by atoms with Gasteiger partial charge in [-0.05, 0) is 67.6 Å². The molecule has 2 fully saturated rings. The van der Waals surface area contributed by atoms with E-state index in [4.69, 9.17) is 4.74 Å². The van der Waals surface area contributed by atoms with Gasteiger partial charge in [-0.1, -0.05) is 0 Å². The van der Waals surface area contributed by atoms with Crippen LogP contribution in [-0.4, -0.2) is 54.0 Å². The van der Waals surface area contributed by atoms with E-state index < -0.39 is 0 Å². The molecule has 0 bridgehead atoms. The Hall–Kier alpha value is -2.51. The third kappa shape index (κ3) is 3.36. The molecule has 146 valence electrons. The maximum atomic E-state index is 12.2. The number of anilines is 1. The van der Waals surface area contributed by atoms with Crippen molar-refractivity contribution >= 4 is 34.7 Å². The van der Waals surface area contributed by atoms with Gasteiger partial charge in [0.2, 0.25) is 0 Å². The van der Waals surface area contributed by atoms with E-state index in [0.717, 1.165) is 65.6 Å². The number of likely N-dealkylation sites (N-methyl/N-ethyl adjacent to an activating group) is 1. The predicted octanol–water partition coefficient (Wildman–Crippen LogP) is 3.60. The van der Waals surface area contributed by atoms with Crippen LogP contribution in [0.4, 0.5) is 10.5 Å². The lowest BCUT2D eigenvalue weighted by atomic mass is 10.2. The van der Waals surface area contributed by atoms with E-state index in [1.54, 1.807) is 0 Å². The van der Waals surface area contributed by atoms with E-state index in [9.17, 15) is 9.59 Å². The van der Waals surface area contributed by atoms with Crippen LogP contribution in [0.2, 0.25) is 0 Å². The number of carbonyl (C=O) groups excluding carboxylic acids is 2. The summed E-state index contributed by atoms with van der Waals surface area (Å²) in [4.78, 5) is 27.9. The zero-order chi connectivity index (χ0) is 19.8. The number of nitrogens with zero attached hydrogens (tertiary/aromatic N) is 3. The Morgan fingerprint density at radius 3 is 2.29 bits per heavy atom. The summed E-state index contributed by atoms with van der Waals surface area (Å²) in [5.74, 6) is -0.241. The predicted molar refractivity (Wildman–Crippen MR) is 112 cm³/mol. The number of aryl methyl sites for hydroxylation is 1. The third-order valence-electron chi connectivity index (χ3n) is 5.23. The van der Waals surface area contributed by atoms with E-state index in [0.29, 0.717) is 4.91 Å². The summed E-state index contributed by atoms with van der Waals surface area (Å²) in [5, 5.41) is -0.233. The number of benzene rings is 1. The Morgan fingerprint density at radius 1 is 1.04 bits per heavy atom. The highest BCUT2D eigenvalue weighted by Gasteiger charge is 2.32. The van der Waals surface area contributed by atoms with Gasteiger partial charge in [0.25, 0.3) is 11.1 Å². The molecular weight excluding hydrogens is 374 g/mol. The van der Waals surface area contributed by atoms with Crippen LogP contribution in [0.15, 0.2) is 35.2 Å². The van der Waals surface area contributed by atoms with Gasteiger partial charge in [0, 0.05) is 42.9 Å². The first-order valence-electron chi connectivity index (χ1n) is 9.29. The van der Waals surface area contributed by atoms with Gasteiger partial charge in [-0.2, -0.15) is 0 Å². The number of aromatic nitrogens is 1. The minimum absolute atomic E-state index is 0.233. The normalized spacial score (nSPS) is 19.2. The fraction of sp³-hybridized carbons (Fsp3) is 0.333. The molecule has 6 nitrogen and oxygen atoms in total. The molecule has 0 atom stereocenters. The molecule has 0 aliphatic carbocycles. The fourth-order valence-electron chi connectivity index (χ4n) is 3.65. The van der Waals surface area contributed by atoms with Gasteiger partial charge >= 0.3 is 0 Å². The van der Waals surface area contributed by atoms with Crippen molar-refractivity contribution in [1.82, 2.24) is 9.47 Å². The maximum Gasteiger partial charge on any atom is 0.293 e. The van der Waals surface area contributed by atoms with Crippen LogP contribution in [-0.2, 0) is 9.53 Å². The number of thioether (sulfide) groups is 1. The van der Waals surface area contributed by atoms with Crippen molar-refractivity contribution in [2.24, 2.45) is 0 Å². The van der Waals surface area contributed by atoms with Crippen molar-refractivity contribution in [1.29, 1.82) is 0 Å². The highest BCUT2D eigenvalue weighted by molar-refractivity contribution is 8.18. The zero-order valence-electron chi connectivity index (χ0n) is 16.3. The molecule has 2 aliphatic rings. The summed E-state index contributed by atoms with van der Waals surface area (Å²) in [6.45, 7) is 7.44. The minimum Gasteiger partial charge on any atom is -0.378 e. The third-order valence-corrected chi connectivity index (χ3v) is 6.19. The van der Waals surface area contributed by atoms with Crippen LogP contribution in [0.25, 0.3) is 11.8 Å². The van der Waals surface area contributed by atoms with Crippen LogP contribution in [0.1, 0.15) is 17.0 Å². The number of hydrogen-bond donors (Lipinski definition) is 0. The number of amides is 2. The Bertz CT molecular complexity index is 956. The summed E-state index contributed by atoms with van der Waals surface area (Å²) in [5.41, 5.74) is 5.36. The lowest BCUT2D eigenvalue weighted by molar-refractivity contribution is -0.121. The Kier molecular flexibility index (Phi) is 5.03. The molecule has 3 heterocycles. The fourth-order valence-corrected chi connectivity index (χ4v) is 4.47. The molecule has 2 saturated heterocycles. The largest absolute Gasteiger partial charge is 0.378 e. The smallest absolute Gasteiger partial charge is 0.293 e. The van der Waals surface area contributed by atoms with Gasteiger partial charge in [0.05, 0.1) is 18.1 Å². The highest BCUT2D eigenvalue weighted by atomic mass is 32.2. The molecule has 7 heteroatoms. The van der Waals surface area contributed by atoms with Crippen molar-refractivity contribution < 1.29 is 14.3 Å². The average Bonchev–Trinajstić information content (AvgIpc) is 3.12. The van der Waals surface area contributed by atoms with Crippen molar-refractivity contribution in [3.05, 3.63) is 52.2 Å². The first kappa shape index (κ1) is 18.8. The Morgan fingerprint density at radius 2 is 1.68 bits per heavy atom. The quantitative estimate of drug-likeness (QED) is 0.741. The van der Waals surface area contributed by atoms with Crippen LogP contribution in [0.3, 0.4) is 0 Å². The van der Waals surface area contributed by atoms with Gasteiger partial charge in [-0.15, -0.1) is 0 Å². The average molecular weight is 398 g/mol. The van der Waals surface area contributed by atoms with E-state index >= 15 is 0 Å². The molecule has 4 rings (SSSR count). The summed E-state index contributed by atoms with van der Waals surface area (Å²) < 4.78 is 7.59. The van der Waals surface area contributed by atoms with Crippen molar-refractivity contribution in [3.8, 4) is 5.69 Å². The molecule has 0 unspecified atom stereocenters. The maximum absolute atomic E-state index is 12.2. The van der Waals surface area contributed by atoms with Gasteiger partial charge in [0.15, 0.2) is 0 Å². The highest BCUT2D eigenvalue weighted by Crippen LogP contribution is 2.33. The standard InChI is InChI=1S/C21H23N3O3S/c1-14-12-16(13-19-20(25)22(3)21(26)28-19)15(2)24(14)18-6-4-17(5-7-18)23-8-10-27-11-9-23/h4-7,12-13H,8-11H2,1-3H3/b19-13+. The van der Waals surface area contributed by atoms with Gasteiger partial charge in [-0.25, -0.2) is 0 Å².